The van der Waals surface area contributed by atoms with Crippen LogP contribution in [0, 0.1) is 0 Å². The van der Waals surface area contributed by atoms with Gasteiger partial charge in [0, 0.05) is 25.0 Å². The third kappa shape index (κ3) is 5.61. The van der Waals surface area contributed by atoms with Crippen molar-refractivity contribution in [1.29, 1.82) is 0 Å². The topological polar surface area (TPSA) is 268 Å². The number of aliphatic hydroxyl groups is 5. The van der Waals surface area contributed by atoms with Crippen molar-refractivity contribution in [2.75, 3.05) is 12.4 Å². The zero-order valence-electron chi connectivity index (χ0n) is 18.0. The molecule has 3 aliphatic rings. The molecule has 0 amide bonds. The number of rotatable bonds is 6. The van der Waals surface area contributed by atoms with E-state index in [4.69, 9.17) is 59.2 Å². The van der Waals surface area contributed by atoms with Crippen LogP contribution in [0.1, 0.15) is 12.8 Å². The van der Waals surface area contributed by atoms with E-state index in [1.54, 1.807) is 0 Å². The average Bonchev–Trinajstić information content (AvgIpc) is 2.75. The minimum atomic E-state index is -2.03. The van der Waals surface area contributed by atoms with Crippen molar-refractivity contribution >= 4 is 11.6 Å². The first-order valence-corrected chi connectivity index (χ1v) is 11.3. The molecule has 0 aromatic carbocycles. The number of ether oxygens (including phenoxy) is 4. The summed E-state index contributed by atoms with van der Waals surface area (Å²) >= 11 is 5.79. The fourth-order valence-electron chi connectivity index (χ4n) is 4.47. The lowest BCUT2D eigenvalue weighted by atomic mass is 9.84. The van der Waals surface area contributed by atoms with E-state index in [0.29, 0.717) is 0 Å². The molecule has 14 nitrogen and oxygen atoms in total. The summed E-state index contributed by atoms with van der Waals surface area (Å²) in [6, 6.07) is -2.63. The molecule has 0 bridgehead atoms. The van der Waals surface area contributed by atoms with E-state index in [2.05, 4.69) is 0 Å². The summed E-state index contributed by atoms with van der Waals surface area (Å²) in [6.07, 6.45) is -12.1. The summed E-state index contributed by atoms with van der Waals surface area (Å²) in [5, 5.41) is 51.6. The highest BCUT2D eigenvalue weighted by molar-refractivity contribution is 6.18. The Morgan fingerprint density at radius 1 is 0.909 bits per heavy atom. The third-order valence-electron chi connectivity index (χ3n) is 6.48. The van der Waals surface area contributed by atoms with Crippen molar-refractivity contribution in [2.45, 2.75) is 98.1 Å². The highest BCUT2D eigenvalue weighted by atomic mass is 35.5. The lowest BCUT2D eigenvalue weighted by Gasteiger charge is -2.48. The monoisotopic (exact) mass is 501 g/mol. The third-order valence-corrected chi connectivity index (χ3v) is 6.78. The van der Waals surface area contributed by atoms with Gasteiger partial charge in [0.2, 0.25) is 0 Å². The number of aliphatic hydroxyl groups excluding tert-OH is 4. The Morgan fingerprint density at radius 3 is 2.09 bits per heavy atom. The molecule has 33 heavy (non-hydrogen) atoms. The van der Waals surface area contributed by atoms with Crippen molar-refractivity contribution < 1.29 is 44.5 Å². The van der Waals surface area contributed by atoms with Crippen molar-refractivity contribution in [3.05, 3.63) is 0 Å². The fourth-order valence-corrected chi connectivity index (χ4v) is 4.71. The molecule has 2 heterocycles. The molecule has 0 unspecified atom stereocenters. The Labute approximate surface area is 195 Å². The smallest absolute Gasteiger partial charge is 0.176 e. The van der Waals surface area contributed by atoms with Crippen LogP contribution in [0.5, 0.6) is 0 Å². The van der Waals surface area contributed by atoms with E-state index in [1.165, 1.54) is 0 Å². The number of hydrogen-bond acceptors (Lipinski definition) is 14. The normalized spacial score (nSPS) is 53.7. The molecule has 3 fully saturated rings. The molecule has 2 aliphatic heterocycles. The second kappa shape index (κ2) is 10.8. The molecule has 2 saturated heterocycles. The minimum absolute atomic E-state index is 0.102. The van der Waals surface area contributed by atoms with E-state index in [9.17, 15) is 25.5 Å². The van der Waals surface area contributed by atoms with Crippen LogP contribution in [0.4, 0.5) is 0 Å². The van der Waals surface area contributed by atoms with Gasteiger partial charge in [-0.1, -0.05) is 0 Å². The van der Waals surface area contributed by atoms with Gasteiger partial charge < -0.3 is 73.1 Å². The fraction of sp³-hybridized carbons (Fsp3) is 1.00. The van der Waals surface area contributed by atoms with Crippen LogP contribution in [0.25, 0.3) is 0 Å². The maximum absolute atomic E-state index is 11.0. The second-order valence-electron chi connectivity index (χ2n) is 8.99. The first-order valence-electron chi connectivity index (χ1n) is 10.8. The standard InChI is InChI=1S/C18H36ClN5O9/c19-3-7-16(28)18(24,29)2-9(30-7)32-14-5(21)1-6(22)15(13(14)27)33-17-10(23)12(26)11(25)8(4-20)31-17/h5-17,25-29H,1-4,20-24H2/t5-,6+,7-,8-,9-,10-,11-,12-,13-,14+,15-,16-,17-,18-/m1/s1. The van der Waals surface area contributed by atoms with Crippen LogP contribution in [0.2, 0.25) is 0 Å². The first-order chi connectivity index (χ1) is 15.4. The Bertz CT molecular complexity index is 652. The average molecular weight is 502 g/mol. The summed E-state index contributed by atoms with van der Waals surface area (Å²) in [4.78, 5) is 0. The molecule has 15 heteroatoms. The molecule has 3 rings (SSSR count). The van der Waals surface area contributed by atoms with E-state index in [-0.39, 0.29) is 25.3 Å². The van der Waals surface area contributed by atoms with Gasteiger partial charge in [0.25, 0.3) is 0 Å². The Hall–Kier alpha value is -0.270. The zero-order valence-corrected chi connectivity index (χ0v) is 18.7. The molecule has 0 radical (unpaired) electrons. The van der Waals surface area contributed by atoms with E-state index in [1.807, 2.05) is 0 Å². The van der Waals surface area contributed by atoms with Crippen LogP contribution >= 0.6 is 11.6 Å². The van der Waals surface area contributed by atoms with Gasteiger partial charge in [0.1, 0.15) is 54.6 Å². The maximum Gasteiger partial charge on any atom is 0.176 e. The van der Waals surface area contributed by atoms with Gasteiger partial charge in [-0.3, -0.25) is 0 Å². The number of halogens is 1. The predicted octanol–water partition coefficient (Wildman–Crippen LogP) is -5.73. The van der Waals surface area contributed by atoms with Crippen molar-refractivity contribution in [2.24, 2.45) is 28.7 Å². The number of nitrogens with two attached hydrogens (primary N) is 5. The van der Waals surface area contributed by atoms with Crippen molar-refractivity contribution in [3.8, 4) is 0 Å². The molecule has 15 N–H and O–H groups in total. The zero-order chi connectivity index (χ0) is 24.7. The quantitative estimate of drug-likeness (QED) is 0.120. The summed E-state index contributed by atoms with van der Waals surface area (Å²) in [7, 11) is 0. The highest BCUT2D eigenvalue weighted by Crippen LogP contribution is 2.32. The largest absolute Gasteiger partial charge is 0.388 e. The molecule has 194 valence electrons. The molecule has 1 aliphatic carbocycles. The summed E-state index contributed by atoms with van der Waals surface area (Å²) in [5.74, 6) is -0.163. The van der Waals surface area contributed by atoms with Gasteiger partial charge >= 0.3 is 0 Å². The van der Waals surface area contributed by atoms with E-state index >= 15 is 0 Å². The predicted molar refractivity (Wildman–Crippen MR) is 113 cm³/mol. The number of hydrogen-bond donors (Lipinski definition) is 10. The Kier molecular flexibility index (Phi) is 8.92. The van der Waals surface area contributed by atoms with Gasteiger partial charge in [0.15, 0.2) is 12.6 Å². The second-order valence-corrected chi connectivity index (χ2v) is 9.30. The maximum atomic E-state index is 11.0. The summed E-state index contributed by atoms with van der Waals surface area (Å²) in [6.45, 7) is -0.102. The van der Waals surface area contributed by atoms with Crippen molar-refractivity contribution in [1.82, 2.24) is 0 Å². The molecule has 1 saturated carbocycles. The van der Waals surface area contributed by atoms with Crippen LogP contribution in [0.15, 0.2) is 0 Å². The van der Waals surface area contributed by atoms with Gasteiger partial charge in [-0.05, 0) is 6.42 Å². The van der Waals surface area contributed by atoms with Gasteiger partial charge in [0.05, 0.1) is 11.9 Å². The van der Waals surface area contributed by atoms with Crippen LogP contribution in [-0.2, 0) is 18.9 Å². The molecule has 0 aromatic heterocycles. The Balaban J connectivity index is 1.71. The Morgan fingerprint density at radius 2 is 1.52 bits per heavy atom. The SMILES string of the molecule is NC[C@H]1O[C@H](O[C@H]2[C@H](O)[C@@H](O[C@@H]3C[C@@](N)(O)[C@H](O)[C@@H](CCl)O3)[C@H](N)C[C@@H]2N)[C@H](N)[C@@H](O)[C@@H]1O. The molecule has 0 spiro atoms. The summed E-state index contributed by atoms with van der Waals surface area (Å²) in [5.41, 5.74) is 27.6. The van der Waals surface area contributed by atoms with Crippen LogP contribution < -0.4 is 28.7 Å². The lowest BCUT2D eigenvalue weighted by Crippen LogP contribution is -2.68. The van der Waals surface area contributed by atoms with E-state index < -0.39 is 85.3 Å². The van der Waals surface area contributed by atoms with Crippen LogP contribution in [-0.4, -0.2) is 123 Å². The first kappa shape index (κ1) is 27.3. The highest BCUT2D eigenvalue weighted by Gasteiger charge is 2.51. The van der Waals surface area contributed by atoms with Crippen molar-refractivity contribution in [3.63, 3.8) is 0 Å². The lowest BCUT2D eigenvalue weighted by molar-refractivity contribution is -0.314. The van der Waals surface area contributed by atoms with Crippen LogP contribution in [0.3, 0.4) is 0 Å². The van der Waals surface area contributed by atoms with Gasteiger partial charge in [-0.25, -0.2) is 0 Å². The molecule has 0 aromatic rings. The molecular weight excluding hydrogens is 466 g/mol. The minimum Gasteiger partial charge on any atom is -0.388 e. The van der Waals surface area contributed by atoms with Gasteiger partial charge in [-0.2, -0.15) is 0 Å². The van der Waals surface area contributed by atoms with E-state index in [0.717, 1.165) is 0 Å². The molecule has 14 atom stereocenters. The molecular formula is C18H36ClN5O9. The van der Waals surface area contributed by atoms with Gasteiger partial charge in [-0.15, -0.1) is 11.6 Å². The number of alkyl halides is 1. The summed E-state index contributed by atoms with van der Waals surface area (Å²) < 4.78 is 22.8.